The Morgan fingerprint density at radius 2 is 1.73 bits per heavy atom. The van der Waals surface area contributed by atoms with Gasteiger partial charge in [0.15, 0.2) is 5.54 Å². The molecule has 0 saturated carbocycles. The van der Waals surface area contributed by atoms with Crippen LogP contribution >= 0.6 is 0 Å². The van der Waals surface area contributed by atoms with E-state index in [-0.39, 0.29) is 18.4 Å². The third-order valence-corrected chi connectivity index (χ3v) is 6.06. The van der Waals surface area contributed by atoms with Crippen molar-refractivity contribution in [3.63, 3.8) is 0 Å². The van der Waals surface area contributed by atoms with Crippen molar-refractivity contribution in [2.45, 2.75) is 31.7 Å². The van der Waals surface area contributed by atoms with Gasteiger partial charge < -0.3 is 10.2 Å². The molecule has 6 heteroatoms. The Labute approximate surface area is 176 Å². The normalized spacial score (nSPS) is 24.1. The van der Waals surface area contributed by atoms with Gasteiger partial charge in [0.05, 0.1) is 0 Å². The van der Waals surface area contributed by atoms with E-state index in [1.165, 1.54) is 0 Å². The van der Waals surface area contributed by atoms with Crippen LogP contribution in [0.2, 0.25) is 0 Å². The van der Waals surface area contributed by atoms with Gasteiger partial charge in [-0.3, -0.25) is 14.5 Å². The Kier molecular flexibility index (Phi) is 5.57. The Morgan fingerprint density at radius 3 is 2.40 bits per heavy atom. The fourth-order valence-electron chi connectivity index (χ4n) is 4.46. The average molecular weight is 405 g/mol. The van der Waals surface area contributed by atoms with Crippen LogP contribution in [0, 0.1) is 5.92 Å². The van der Waals surface area contributed by atoms with Crippen molar-refractivity contribution >= 4 is 17.8 Å². The number of piperidine rings is 1. The van der Waals surface area contributed by atoms with Gasteiger partial charge in [0.2, 0.25) is 5.91 Å². The molecule has 0 spiro atoms. The lowest BCUT2D eigenvalue weighted by molar-refractivity contribution is -0.140. The highest BCUT2D eigenvalue weighted by molar-refractivity contribution is 6.09. The first-order chi connectivity index (χ1) is 14.5. The summed E-state index contributed by atoms with van der Waals surface area (Å²) in [6.45, 7) is 3.26. The summed E-state index contributed by atoms with van der Waals surface area (Å²) in [5.74, 6) is -0.109. The molecule has 2 aromatic carbocycles. The summed E-state index contributed by atoms with van der Waals surface area (Å²) < 4.78 is 0. The van der Waals surface area contributed by atoms with Crippen molar-refractivity contribution in [1.82, 2.24) is 15.1 Å². The number of urea groups is 1. The number of nitrogens with zero attached hydrogens (tertiary/aromatic N) is 2. The van der Waals surface area contributed by atoms with Crippen molar-refractivity contribution in [3.8, 4) is 0 Å². The Hall–Kier alpha value is -3.15. The molecule has 0 radical (unpaired) electrons. The number of rotatable bonds is 5. The van der Waals surface area contributed by atoms with Crippen LogP contribution in [-0.2, 0) is 21.5 Å². The second kappa shape index (κ2) is 8.30. The quantitative estimate of drug-likeness (QED) is 0.778. The van der Waals surface area contributed by atoms with Gasteiger partial charge in [0, 0.05) is 19.5 Å². The molecule has 0 unspecified atom stereocenters. The molecule has 2 fully saturated rings. The molecule has 0 bridgehead atoms. The SMILES string of the molecule is C[C@@H]1CCCN(C(=O)CN2C(=O)N[C@](Cc3ccccc3)(c3ccccc3)C2=O)C1. The summed E-state index contributed by atoms with van der Waals surface area (Å²) in [5.41, 5.74) is 0.441. The molecule has 2 saturated heterocycles. The second-order valence-electron chi connectivity index (χ2n) is 8.34. The van der Waals surface area contributed by atoms with Crippen molar-refractivity contribution < 1.29 is 14.4 Å². The van der Waals surface area contributed by atoms with Gasteiger partial charge in [0.1, 0.15) is 6.54 Å². The molecule has 2 aliphatic rings. The zero-order valence-corrected chi connectivity index (χ0v) is 17.2. The molecule has 156 valence electrons. The minimum absolute atomic E-state index is 0.173. The minimum atomic E-state index is -1.21. The van der Waals surface area contributed by atoms with Gasteiger partial charge in [-0.25, -0.2) is 4.79 Å². The van der Waals surface area contributed by atoms with E-state index >= 15 is 0 Å². The average Bonchev–Trinajstić information content (AvgIpc) is 3.00. The summed E-state index contributed by atoms with van der Waals surface area (Å²) in [6.07, 6.45) is 2.38. The fraction of sp³-hybridized carbons (Fsp3) is 0.375. The molecule has 30 heavy (non-hydrogen) atoms. The second-order valence-corrected chi connectivity index (χ2v) is 8.34. The standard InChI is InChI=1S/C24H27N3O3/c1-18-9-8-14-26(16-18)21(28)17-27-22(29)24(25-23(27)30,20-12-6-3-7-13-20)15-19-10-4-2-5-11-19/h2-7,10-13,18H,8-9,14-17H2,1H3,(H,25,30)/t18-,24-/m1/s1. The zero-order valence-electron chi connectivity index (χ0n) is 17.2. The largest absolute Gasteiger partial charge is 0.341 e. The topological polar surface area (TPSA) is 69.7 Å². The maximum Gasteiger partial charge on any atom is 0.325 e. The number of carbonyl (C=O) groups is 3. The number of likely N-dealkylation sites (tertiary alicyclic amines) is 1. The van der Waals surface area contributed by atoms with Gasteiger partial charge in [-0.1, -0.05) is 67.6 Å². The molecule has 0 aromatic heterocycles. The fourth-order valence-corrected chi connectivity index (χ4v) is 4.46. The minimum Gasteiger partial charge on any atom is -0.341 e. The molecule has 4 amide bonds. The molecule has 2 atom stereocenters. The van der Waals surface area contributed by atoms with E-state index in [1.807, 2.05) is 60.7 Å². The number of hydrogen-bond donors (Lipinski definition) is 1. The van der Waals surface area contributed by atoms with Crippen LogP contribution in [0.4, 0.5) is 4.79 Å². The van der Waals surface area contributed by atoms with Gasteiger partial charge in [0.25, 0.3) is 5.91 Å². The van der Waals surface area contributed by atoms with E-state index in [1.54, 1.807) is 4.90 Å². The first-order valence-corrected chi connectivity index (χ1v) is 10.5. The Bertz CT molecular complexity index is 931. The Morgan fingerprint density at radius 1 is 1.07 bits per heavy atom. The van der Waals surface area contributed by atoms with E-state index in [2.05, 4.69) is 12.2 Å². The number of amides is 4. The number of nitrogens with one attached hydrogen (secondary N) is 1. The predicted molar refractivity (Wildman–Crippen MR) is 113 cm³/mol. The first kappa shape index (κ1) is 20.1. The van der Waals surface area contributed by atoms with Gasteiger partial charge in [-0.15, -0.1) is 0 Å². The van der Waals surface area contributed by atoms with Gasteiger partial charge >= 0.3 is 6.03 Å². The third kappa shape index (κ3) is 3.82. The first-order valence-electron chi connectivity index (χ1n) is 10.5. The van der Waals surface area contributed by atoms with Crippen molar-refractivity contribution in [2.24, 2.45) is 5.92 Å². The van der Waals surface area contributed by atoms with Crippen LogP contribution in [-0.4, -0.2) is 47.3 Å². The van der Waals surface area contributed by atoms with Gasteiger partial charge in [-0.2, -0.15) is 0 Å². The van der Waals surface area contributed by atoms with Crippen LogP contribution in [0.5, 0.6) is 0 Å². The lowest BCUT2D eigenvalue weighted by Gasteiger charge is -2.32. The lowest BCUT2D eigenvalue weighted by Crippen LogP contribution is -2.48. The van der Waals surface area contributed by atoms with E-state index < -0.39 is 11.6 Å². The van der Waals surface area contributed by atoms with Crippen molar-refractivity contribution in [3.05, 3.63) is 71.8 Å². The van der Waals surface area contributed by atoms with Crippen LogP contribution in [0.1, 0.15) is 30.9 Å². The summed E-state index contributed by atoms with van der Waals surface area (Å²) in [5, 5.41) is 2.92. The van der Waals surface area contributed by atoms with Crippen LogP contribution < -0.4 is 5.32 Å². The van der Waals surface area contributed by atoms with Gasteiger partial charge in [-0.05, 0) is 29.9 Å². The van der Waals surface area contributed by atoms with Crippen LogP contribution in [0.15, 0.2) is 60.7 Å². The molecule has 2 aliphatic heterocycles. The monoisotopic (exact) mass is 405 g/mol. The zero-order chi connectivity index (χ0) is 21.1. The maximum absolute atomic E-state index is 13.6. The molecular formula is C24H27N3O3. The number of hydrogen-bond acceptors (Lipinski definition) is 3. The van der Waals surface area contributed by atoms with Crippen molar-refractivity contribution in [1.29, 1.82) is 0 Å². The molecular weight excluding hydrogens is 378 g/mol. The maximum atomic E-state index is 13.6. The molecule has 0 aliphatic carbocycles. The summed E-state index contributed by atoms with van der Waals surface area (Å²) in [6, 6.07) is 18.4. The molecule has 1 N–H and O–H groups in total. The summed E-state index contributed by atoms with van der Waals surface area (Å²) in [4.78, 5) is 42.2. The predicted octanol–water partition coefficient (Wildman–Crippen LogP) is 2.93. The molecule has 4 rings (SSSR count). The number of imide groups is 1. The highest BCUT2D eigenvalue weighted by Gasteiger charge is 2.53. The number of benzene rings is 2. The molecule has 2 heterocycles. The summed E-state index contributed by atoms with van der Waals surface area (Å²) in [7, 11) is 0. The van der Waals surface area contributed by atoms with Crippen LogP contribution in [0.3, 0.4) is 0 Å². The highest BCUT2D eigenvalue weighted by atomic mass is 16.2. The Balaban J connectivity index is 1.61. The third-order valence-electron chi connectivity index (χ3n) is 6.06. The molecule has 2 aromatic rings. The van der Waals surface area contributed by atoms with Crippen molar-refractivity contribution in [2.75, 3.05) is 19.6 Å². The van der Waals surface area contributed by atoms with E-state index in [4.69, 9.17) is 0 Å². The summed E-state index contributed by atoms with van der Waals surface area (Å²) >= 11 is 0. The smallest absolute Gasteiger partial charge is 0.325 e. The van der Waals surface area contributed by atoms with Crippen LogP contribution in [0.25, 0.3) is 0 Å². The van der Waals surface area contributed by atoms with E-state index in [0.29, 0.717) is 31.0 Å². The molecule has 6 nitrogen and oxygen atoms in total. The number of carbonyl (C=O) groups excluding carboxylic acids is 3. The lowest BCUT2D eigenvalue weighted by atomic mass is 9.83. The van der Waals surface area contributed by atoms with E-state index in [9.17, 15) is 14.4 Å². The highest BCUT2D eigenvalue weighted by Crippen LogP contribution is 2.33. The van der Waals surface area contributed by atoms with E-state index in [0.717, 1.165) is 23.3 Å².